The standard InChI is InChI=1S/C25H37N3O6/c1-25(2,3)34-24(31)26-19-10-11-21(18(14-19)16-32-4)28-13-12-20(22(28)29)27-23(30)33-15-17-8-6-5-7-9-17/h5-9,18-21H,10-16H2,1-4H3,(H,26,31)(H,27,30). The zero-order valence-electron chi connectivity index (χ0n) is 20.5. The molecule has 1 saturated carbocycles. The van der Waals surface area contributed by atoms with Crippen LogP contribution in [0.3, 0.4) is 0 Å². The van der Waals surface area contributed by atoms with Crippen molar-refractivity contribution in [2.75, 3.05) is 20.3 Å². The molecule has 1 aromatic rings. The summed E-state index contributed by atoms with van der Waals surface area (Å²) < 4.78 is 16.1. The van der Waals surface area contributed by atoms with Gasteiger partial charge in [0.05, 0.1) is 6.61 Å². The summed E-state index contributed by atoms with van der Waals surface area (Å²) in [5.41, 5.74) is 0.329. The summed E-state index contributed by atoms with van der Waals surface area (Å²) in [5, 5.41) is 5.67. The van der Waals surface area contributed by atoms with Crippen molar-refractivity contribution in [3.05, 3.63) is 35.9 Å². The lowest BCUT2D eigenvalue weighted by molar-refractivity contribution is -0.133. The van der Waals surface area contributed by atoms with E-state index in [1.807, 2.05) is 56.0 Å². The Hall–Kier alpha value is -2.81. The van der Waals surface area contributed by atoms with E-state index in [9.17, 15) is 14.4 Å². The molecule has 1 aromatic carbocycles. The Kier molecular flexibility index (Phi) is 8.77. The van der Waals surface area contributed by atoms with Gasteiger partial charge in [0.1, 0.15) is 18.2 Å². The van der Waals surface area contributed by atoms with Crippen LogP contribution >= 0.6 is 0 Å². The SMILES string of the molecule is COCC1CC(NC(=O)OC(C)(C)C)CCC1N1CCC(NC(=O)OCc2ccccc2)C1=O. The molecular weight excluding hydrogens is 438 g/mol. The molecule has 2 aliphatic rings. The van der Waals surface area contributed by atoms with Gasteiger partial charge in [0.15, 0.2) is 0 Å². The first kappa shape index (κ1) is 25.8. The van der Waals surface area contributed by atoms with Gasteiger partial charge in [-0.25, -0.2) is 9.59 Å². The number of nitrogens with one attached hydrogen (secondary N) is 2. The van der Waals surface area contributed by atoms with E-state index in [2.05, 4.69) is 10.6 Å². The molecule has 1 saturated heterocycles. The second kappa shape index (κ2) is 11.6. The second-order valence-corrected chi connectivity index (χ2v) is 10.0. The number of methoxy groups -OCH3 is 1. The van der Waals surface area contributed by atoms with Crippen molar-refractivity contribution in [3.8, 4) is 0 Å². The fourth-order valence-electron chi connectivity index (χ4n) is 4.73. The molecule has 188 valence electrons. The Labute approximate surface area is 201 Å². The minimum atomic E-state index is -0.595. The Balaban J connectivity index is 1.52. The van der Waals surface area contributed by atoms with Crippen molar-refractivity contribution in [1.82, 2.24) is 15.5 Å². The van der Waals surface area contributed by atoms with Gasteiger partial charge in [-0.2, -0.15) is 0 Å². The molecule has 0 radical (unpaired) electrons. The lowest BCUT2D eigenvalue weighted by Crippen LogP contribution is -2.52. The minimum Gasteiger partial charge on any atom is -0.445 e. The molecule has 2 N–H and O–H groups in total. The van der Waals surface area contributed by atoms with E-state index in [4.69, 9.17) is 14.2 Å². The molecule has 0 bridgehead atoms. The van der Waals surface area contributed by atoms with Gasteiger partial charge in [0.2, 0.25) is 5.91 Å². The van der Waals surface area contributed by atoms with Crippen molar-refractivity contribution in [2.24, 2.45) is 5.92 Å². The van der Waals surface area contributed by atoms with E-state index >= 15 is 0 Å². The van der Waals surface area contributed by atoms with Crippen molar-refractivity contribution in [3.63, 3.8) is 0 Å². The van der Waals surface area contributed by atoms with Crippen LogP contribution in [0.15, 0.2) is 30.3 Å². The average molecular weight is 476 g/mol. The quantitative estimate of drug-likeness (QED) is 0.627. The third-order valence-corrected chi connectivity index (χ3v) is 6.19. The van der Waals surface area contributed by atoms with E-state index in [-0.39, 0.29) is 30.5 Å². The van der Waals surface area contributed by atoms with Crippen molar-refractivity contribution in [2.45, 2.75) is 76.8 Å². The predicted molar refractivity (Wildman–Crippen MR) is 126 cm³/mol. The van der Waals surface area contributed by atoms with Gasteiger partial charge in [-0.1, -0.05) is 30.3 Å². The van der Waals surface area contributed by atoms with Gasteiger partial charge < -0.3 is 29.7 Å². The zero-order chi connectivity index (χ0) is 24.7. The molecule has 4 atom stereocenters. The van der Waals surface area contributed by atoms with Crippen molar-refractivity contribution >= 4 is 18.1 Å². The van der Waals surface area contributed by atoms with Crippen LogP contribution < -0.4 is 10.6 Å². The number of likely N-dealkylation sites (tertiary alicyclic amines) is 1. The lowest BCUT2D eigenvalue weighted by Gasteiger charge is -2.41. The molecule has 1 heterocycles. The monoisotopic (exact) mass is 475 g/mol. The smallest absolute Gasteiger partial charge is 0.408 e. The molecule has 9 heteroatoms. The zero-order valence-corrected chi connectivity index (χ0v) is 20.5. The van der Waals surface area contributed by atoms with Crippen LogP contribution in [0.4, 0.5) is 9.59 Å². The summed E-state index contributed by atoms with van der Waals surface area (Å²) in [7, 11) is 1.64. The number of hydrogen-bond donors (Lipinski definition) is 2. The topological polar surface area (TPSA) is 106 Å². The third-order valence-electron chi connectivity index (χ3n) is 6.19. The summed E-state index contributed by atoms with van der Waals surface area (Å²) in [6, 6.07) is 8.77. The molecule has 34 heavy (non-hydrogen) atoms. The molecule has 1 aliphatic heterocycles. The summed E-state index contributed by atoms with van der Waals surface area (Å²) in [6.07, 6.45) is 1.69. The molecule has 1 aliphatic carbocycles. The fraction of sp³-hybridized carbons (Fsp3) is 0.640. The fourth-order valence-corrected chi connectivity index (χ4v) is 4.73. The average Bonchev–Trinajstić information content (AvgIpc) is 3.12. The Bertz CT molecular complexity index is 841. The number of benzene rings is 1. The Morgan fingerprint density at radius 1 is 1.06 bits per heavy atom. The maximum absolute atomic E-state index is 13.1. The first-order valence-corrected chi connectivity index (χ1v) is 11.9. The van der Waals surface area contributed by atoms with Gasteiger partial charge in [-0.05, 0) is 52.0 Å². The highest BCUT2D eigenvalue weighted by Gasteiger charge is 2.42. The highest BCUT2D eigenvalue weighted by Crippen LogP contribution is 2.32. The Morgan fingerprint density at radius 3 is 2.47 bits per heavy atom. The van der Waals surface area contributed by atoms with E-state index in [0.717, 1.165) is 18.4 Å². The summed E-state index contributed by atoms with van der Waals surface area (Å²) in [6.45, 7) is 6.70. The number of carbonyl (C=O) groups is 3. The molecule has 3 rings (SSSR count). The molecule has 0 spiro atoms. The van der Waals surface area contributed by atoms with Gasteiger partial charge in [-0.15, -0.1) is 0 Å². The second-order valence-electron chi connectivity index (χ2n) is 10.0. The molecule has 9 nitrogen and oxygen atoms in total. The first-order valence-electron chi connectivity index (χ1n) is 11.9. The summed E-state index contributed by atoms with van der Waals surface area (Å²) in [4.78, 5) is 39.4. The van der Waals surface area contributed by atoms with Crippen LogP contribution in [0.1, 0.15) is 52.0 Å². The number of ether oxygens (including phenoxy) is 3. The predicted octanol–water partition coefficient (Wildman–Crippen LogP) is 3.22. The highest BCUT2D eigenvalue weighted by atomic mass is 16.6. The van der Waals surface area contributed by atoms with Crippen LogP contribution in [0.5, 0.6) is 0 Å². The van der Waals surface area contributed by atoms with Crippen LogP contribution in [0.25, 0.3) is 0 Å². The van der Waals surface area contributed by atoms with Gasteiger partial charge >= 0.3 is 12.2 Å². The van der Waals surface area contributed by atoms with Crippen molar-refractivity contribution in [1.29, 1.82) is 0 Å². The summed E-state index contributed by atoms with van der Waals surface area (Å²) in [5.74, 6) is -0.0206. The van der Waals surface area contributed by atoms with Crippen LogP contribution in [0, 0.1) is 5.92 Å². The molecular formula is C25H37N3O6. The molecule has 3 amide bonds. The number of amides is 3. The van der Waals surface area contributed by atoms with Crippen molar-refractivity contribution < 1.29 is 28.6 Å². The lowest BCUT2D eigenvalue weighted by atomic mass is 9.81. The highest BCUT2D eigenvalue weighted by molar-refractivity contribution is 5.87. The minimum absolute atomic E-state index is 0.00345. The van der Waals surface area contributed by atoms with Gasteiger partial charge in [-0.3, -0.25) is 4.79 Å². The number of carbonyl (C=O) groups excluding carboxylic acids is 3. The first-order chi connectivity index (χ1) is 16.2. The van der Waals surface area contributed by atoms with E-state index in [0.29, 0.717) is 26.0 Å². The maximum Gasteiger partial charge on any atom is 0.408 e. The number of alkyl carbamates (subject to hydrolysis) is 2. The third kappa shape index (κ3) is 7.35. The van der Waals surface area contributed by atoms with Crippen LogP contribution in [-0.2, 0) is 25.6 Å². The Morgan fingerprint density at radius 2 is 1.79 bits per heavy atom. The van der Waals surface area contributed by atoms with E-state index < -0.39 is 23.8 Å². The maximum atomic E-state index is 13.1. The van der Waals surface area contributed by atoms with E-state index in [1.54, 1.807) is 7.11 Å². The normalized spacial score (nSPS) is 25.1. The number of rotatable bonds is 7. The van der Waals surface area contributed by atoms with Gasteiger partial charge in [0, 0.05) is 31.7 Å². The summed E-state index contributed by atoms with van der Waals surface area (Å²) >= 11 is 0. The molecule has 0 aromatic heterocycles. The van der Waals surface area contributed by atoms with Crippen LogP contribution in [-0.4, -0.2) is 67.0 Å². The largest absolute Gasteiger partial charge is 0.445 e. The number of nitrogens with zero attached hydrogens (tertiary/aromatic N) is 1. The van der Waals surface area contributed by atoms with Crippen LogP contribution in [0.2, 0.25) is 0 Å². The molecule has 4 unspecified atom stereocenters. The number of hydrogen-bond acceptors (Lipinski definition) is 6. The van der Waals surface area contributed by atoms with E-state index in [1.165, 1.54) is 0 Å². The molecule has 2 fully saturated rings. The van der Waals surface area contributed by atoms with Gasteiger partial charge in [0.25, 0.3) is 0 Å².